The summed E-state index contributed by atoms with van der Waals surface area (Å²) < 4.78 is 5.50. The Labute approximate surface area is 138 Å². The van der Waals surface area contributed by atoms with Crippen molar-refractivity contribution >= 4 is 11.7 Å². The van der Waals surface area contributed by atoms with E-state index in [2.05, 4.69) is 37.9 Å². The van der Waals surface area contributed by atoms with Gasteiger partial charge in [-0.3, -0.25) is 0 Å². The second-order valence-corrected chi connectivity index (χ2v) is 6.29. The molecule has 1 aromatic rings. The van der Waals surface area contributed by atoms with Crippen LogP contribution in [-0.4, -0.2) is 43.3 Å². The molecular weight excluding hydrogens is 292 g/mol. The highest BCUT2D eigenvalue weighted by Gasteiger charge is 2.27. The van der Waals surface area contributed by atoms with Crippen LogP contribution >= 0.6 is 0 Å². The SMILES string of the molecule is CCCOc1ccc(C(=O)ON=C2[C@@H](C)CN(C)C[C@@H]2C)cc1. The largest absolute Gasteiger partial charge is 0.494 e. The van der Waals surface area contributed by atoms with Gasteiger partial charge in [-0.1, -0.05) is 25.9 Å². The first-order chi connectivity index (χ1) is 11.0. The maximum atomic E-state index is 12.1. The average molecular weight is 318 g/mol. The number of piperidine rings is 1. The van der Waals surface area contributed by atoms with Gasteiger partial charge in [-0.15, -0.1) is 0 Å². The lowest BCUT2D eigenvalue weighted by Gasteiger charge is -2.32. The van der Waals surface area contributed by atoms with Crippen LogP contribution in [0, 0.1) is 11.8 Å². The molecule has 0 amide bonds. The first-order valence-electron chi connectivity index (χ1n) is 8.21. The van der Waals surface area contributed by atoms with E-state index in [1.165, 1.54) is 0 Å². The van der Waals surface area contributed by atoms with Crippen molar-refractivity contribution in [2.24, 2.45) is 17.0 Å². The van der Waals surface area contributed by atoms with Crippen LogP contribution in [0.15, 0.2) is 29.4 Å². The van der Waals surface area contributed by atoms with Crippen molar-refractivity contribution in [3.63, 3.8) is 0 Å². The predicted molar refractivity (Wildman–Crippen MR) is 90.9 cm³/mol. The Balaban J connectivity index is 1.97. The highest BCUT2D eigenvalue weighted by molar-refractivity contribution is 5.92. The highest BCUT2D eigenvalue weighted by atomic mass is 16.7. The number of ether oxygens (including phenoxy) is 1. The van der Waals surface area contributed by atoms with Crippen molar-refractivity contribution in [1.82, 2.24) is 4.90 Å². The van der Waals surface area contributed by atoms with E-state index in [1.54, 1.807) is 24.3 Å². The van der Waals surface area contributed by atoms with Crippen molar-refractivity contribution in [1.29, 1.82) is 0 Å². The zero-order valence-electron chi connectivity index (χ0n) is 14.4. The molecule has 5 heteroatoms. The van der Waals surface area contributed by atoms with E-state index in [0.29, 0.717) is 24.0 Å². The summed E-state index contributed by atoms with van der Waals surface area (Å²) in [6, 6.07) is 6.96. The quantitative estimate of drug-likeness (QED) is 0.618. The summed E-state index contributed by atoms with van der Waals surface area (Å²) in [5.41, 5.74) is 1.44. The third-order valence-electron chi connectivity index (χ3n) is 3.98. The van der Waals surface area contributed by atoms with Crippen LogP contribution in [0.1, 0.15) is 37.6 Å². The van der Waals surface area contributed by atoms with E-state index in [4.69, 9.17) is 9.57 Å². The van der Waals surface area contributed by atoms with Gasteiger partial charge in [-0.25, -0.2) is 4.79 Å². The summed E-state index contributed by atoms with van der Waals surface area (Å²) >= 11 is 0. The minimum Gasteiger partial charge on any atom is -0.494 e. The van der Waals surface area contributed by atoms with Gasteiger partial charge in [0.15, 0.2) is 0 Å². The second kappa shape index (κ2) is 8.11. The first-order valence-corrected chi connectivity index (χ1v) is 8.21. The highest BCUT2D eigenvalue weighted by Crippen LogP contribution is 2.19. The van der Waals surface area contributed by atoms with Crippen LogP contribution < -0.4 is 4.74 Å². The van der Waals surface area contributed by atoms with Gasteiger partial charge in [0.05, 0.1) is 17.9 Å². The summed E-state index contributed by atoms with van der Waals surface area (Å²) in [5, 5.41) is 4.14. The number of nitrogens with zero attached hydrogens (tertiary/aromatic N) is 2. The van der Waals surface area contributed by atoms with Crippen LogP contribution in [0.3, 0.4) is 0 Å². The fourth-order valence-electron chi connectivity index (χ4n) is 2.92. The molecule has 0 N–H and O–H groups in total. The molecule has 1 aromatic carbocycles. The number of oxime groups is 1. The fraction of sp³-hybridized carbons (Fsp3) is 0.556. The molecule has 1 fully saturated rings. The molecule has 0 unspecified atom stereocenters. The maximum absolute atomic E-state index is 12.1. The molecule has 5 nitrogen and oxygen atoms in total. The third-order valence-corrected chi connectivity index (χ3v) is 3.98. The molecule has 1 aliphatic rings. The number of carbonyl (C=O) groups excluding carboxylic acids is 1. The Kier molecular flexibility index (Phi) is 6.16. The maximum Gasteiger partial charge on any atom is 0.365 e. The zero-order valence-corrected chi connectivity index (χ0v) is 14.4. The molecule has 0 spiro atoms. The molecule has 126 valence electrons. The molecule has 0 aliphatic carbocycles. The summed E-state index contributed by atoms with van der Waals surface area (Å²) in [7, 11) is 2.10. The summed E-state index contributed by atoms with van der Waals surface area (Å²) in [4.78, 5) is 19.5. The van der Waals surface area contributed by atoms with Gasteiger partial charge in [0.25, 0.3) is 0 Å². The molecule has 0 saturated carbocycles. The molecule has 2 atom stereocenters. The van der Waals surface area contributed by atoms with Crippen LogP contribution in [0.2, 0.25) is 0 Å². The molecule has 1 saturated heterocycles. The summed E-state index contributed by atoms with van der Waals surface area (Å²) in [6.07, 6.45) is 0.951. The van der Waals surface area contributed by atoms with Crippen molar-refractivity contribution in [3.05, 3.63) is 29.8 Å². The average Bonchev–Trinajstić information content (AvgIpc) is 2.52. The van der Waals surface area contributed by atoms with Crippen LogP contribution in [0.5, 0.6) is 5.75 Å². The number of carbonyl (C=O) groups is 1. The minimum atomic E-state index is -0.433. The van der Waals surface area contributed by atoms with Crippen LogP contribution in [0.4, 0.5) is 0 Å². The number of benzene rings is 1. The lowest BCUT2D eigenvalue weighted by Crippen LogP contribution is -2.42. The molecule has 23 heavy (non-hydrogen) atoms. The topological polar surface area (TPSA) is 51.1 Å². The standard InChI is InChI=1S/C18H26N2O3/c1-5-10-22-16-8-6-15(7-9-16)18(21)23-19-17-13(2)11-20(4)12-14(17)3/h6-9,13-14H,5,10-12H2,1-4H3/t13-,14-/m0/s1. The monoisotopic (exact) mass is 318 g/mol. The van der Waals surface area contributed by atoms with Gasteiger partial charge in [-0.2, -0.15) is 0 Å². The Bertz CT molecular complexity index is 540. The Morgan fingerprint density at radius 2 is 1.83 bits per heavy atom. The van der Waals surface area contributed by atoms with E-state index >= 15 is 0 Å². The second-order valence-electron chi connectivity index (χ2n) is 6.29. The Morgan fingerprint density at radius 1 is 1.22 bits per heavy atom. The normalized spacial score (nSPS) is 21.8. The molecule has 2 rings (SSSR count). The minimum absolute atomic E-state index is 0.293. The number of hydrogen-bond donors (Lipinski definition) is 0. The van der Waals surface area contributed by atoms with Crippen LogP contribution in [-0.2, 0) is 4.84 Å². The van der Waals surface area contributed by atoms with Gasteiger partial charge >= 0.3 is 5.97 Å². The van der Waals surface area contributed by atoms with Crippen molar-refractivity contribution < 1.29 is 14.4 Å². The molecule has 1 heterocycles. The smallest absolute Gasteiger partial charge is 0.365 e. The van der Waals surface area contributed by atoms with Gasteiger partial charge in [0.1, 0.15) is 5.75 Å². The van der Waals surface area contributed by atoms with E-state index < -0.39 is 5.97 Å². The molecule has 1 aliphatic heterocycles. The van der Waals surface area contributed by atoms with E-state index in [1.807, 2.05) is 0 Å². The van der Waals surface area contributed by atoms with Crippen molar-refractivity contribution in [2.45, 2.75) is 27.2 Å². The number of likely N-dealkylation sites (tertiary alicyclic amines) is 1. The van der Waals surface area contributed by atoms with E-state index in [0.717, 1.165) is 31.0 Å². The summed E-state index contributed by atoms with van der Waals surface area (Å²) in [5.74, 6) is 0.910. The van der Waals surface area contributed by atoms with E-state index in [9.17, 15) is 4.79 Å². The van der Waals surface area contributed by atoms with Gasteiger partial charge < -0.3 is 14.5 Å². The first kappa shape index (κ1) is 17.5. The zero-order chi connectivity index (χ0) is 16.8. The number of rotatable bonds is 5. The Morgan fingerprint density at radius 3 is 2.39 bits per heavy atom. The summed E-state index contributed by atoms with van der Waals surface area (Å²) in [6.45, 7) is 8.81. The molecular formula is C18H26N2O3. The molecule has 0 radical (unpaired) electrons. The number of hydrogen-bond acceptors (Lipinski definition) is 5. The molecule has 0 bridgehead atoms. The third kappa shape index (κ3) is 4.79. The van der Waals surface area contributed by atoms with Gasteiger partial charge in [-0.05, 0) is 37.7 Å². The fourth-order valence-corrected chi connectivity index (χ4v) is 2.92. The van der Waals surface area contributed by atoms with E-state index in [-0.39, 0.29) is 0 Å². The predicted octanol–water partition coefficient (Wildman–Crippen LogP) is 3.21. The molecule has 0 aromatic heterocycles. The lowest BCUT2D eigenvalue weighted by molar-refractivity contribution is 0.0508. The van der Waals surface area contributed by atoms with Gasteiger partial charge in [0, 0.05) is 24.9 Å². The lowest BCUT2D eigenvalue weighted by atomic mass is 9.90. The Hall–Kier alpha value is -1.88. The van der Waals surface area contributed by atoms with Gasteiger partial charge in [0.2, 0.25) is 0 Å². The van der Waals surface area contributed by atoms with Crippen molar-refractivity contribution in [2.75, 3.05) is 26.7 Å². The van der Waals surface area contributed by atoms with Crippen LogP contribution in [0.25, 0.3) is 0 Å². The van der Waals surface area contributed by atoms with Crippen molar-refractivity contribution in [3.8, 4) is 5.75 Å².